The number of amides is 1. The highest BCUT2D eigenvalue weighted by Crippen LogP contribution is 2.27. The second kappa shape index (κ2) is 4.85. The van der Waals surface area contributed by atoms with Crippen molar-refractivity contribution in [3.8, 4) is 5.75 Å². The minimum Gasteiger partial charge on any atom is -0.508 e. The van der Waals surface area contributed by atoms with Crippen LogP contribution in [0.25, 0.3) is 0 Å². The van der Waals surface area contributed by atoms with Gasteiger partial charge in [0.15, 0.2) is 5.54 Å². The van der Waals surface area contributed by atoms with Crippen LogP contribution >= 0.6 is 0 Å². The second-order valence-electron chi connectivity index (χ2n) is 4.05. The first kappa shape index (κ1) is 14.3. The van der Waals surface area contributed by atoms with Crippen LogP contribution in [0.1, 0.15) is 12.5 Å². The lowest BCUT2D eigenvalue weighted by atomic mass is 10.0. The standard InChI is InChI=1S/C11H13F3N2O2/c1-10(15,11(12,13)14)9(18)16-6-7-2-4-8(17)5-3-7/h2-5,17H,6,15H2,1H3,(H,16,18). The predicted octanol–water partition coefficient (Wildman–Crippen LogP) is 1.29. The molecule has 0 aliphatic heterocycles. The number of hydrogen-bond acceptors (Lipinski definition) is 3. The van der Waals surface area contributed by atoms with E-state index in [-0.39, 0.29) is 12.3 Å². The van der Waals surface area contributed by atoms with Crippen molar-refractivity contribution < 1.29 is 23.1 Å². The van der Waals surface area contributed by atoms with Gasteiger partial charge in [-0.15, -0.1) is 0 Å². The molecule has 1 rings (SSSR count). The molecule has 100 valence electrons. The molecule has 0 spiro atoms. The van der Waals surface area contributed by atoms with Crippen molar-refractivity contribution in [3.05, 3.63) is 29.8 Å². The maximum Gasteiger partial charge on any atom is 0.415 e. The quantitative estimate of drug-likeness (QED) is 0.768. The van der Waals surface area contributed by atoms with E-state index in [1.54, 1.807) is 0 Å². The average molecular weight is 262 g/mol. The average Bonchev–Trinajstić information content (AvgIpc) is 2.26. The fourth-order valence-corrected chi connectivity index (χ4v) is 1.11. The van der Waals surface area contributed by atoms with Gasteiger partial charge in [0.05, 0.1) is 0 Å². The van der Waals surface area contributed by atoms with E-state index in [1.807, 2.05) is 0 Å². The Kier molecular flexibility index (Phi) is 3.85. The Balaban J connectivity index is 2.64. The molecule has 0 saturated heterocycles. The molecule has 1 aromatic rings. The molecule has 1 amide bonds. The zero-order valence-corrected chi connectivity index (χ0v) is 9.58. The number of phenols is 1. The molecule has 0 bridgehead atoms. The Hall–Kier alpha value is -1.76. The van der Waals surface area contributed by atoms with Crippen LogP contribution in [-0.2, 0) is 11.3 Å². The number of alkyl halides is 3. The fraction of sp³-hybridized carbons (Fsp3) is 0.364. The summed E-state index contributed by atoms with van der Waals surface area (Å²) in [6.45, 7) is 0.515. The van der Waals surface area contributed by atoms with Gasteiger partial charge >= 0.3 is 6.18 Å². The molecule has 1 unspecified atom stereocenters. The minimum absolute atomic E-state index is 0.0315. The first-order valence-corrected chi connectivity index (χ1v) is 5.06. The summed E-state index contributed by atoms with van der Waals surface area (Å²) in [5.74, 6) is -1.27. The molecular formula is C11H13F3N2O2. The number of carbonyl (C=O) groups is 1. The number of rotatable bonds is 3. The number of hydrogen-bond donors (Lipinski definition) is 3. The summed E-state index contributed by atoms with van der Waals surface area (Å²) in [4.78, 5) is 11.3. The predicted molar refractivity (Wildman–Crippen MR) is 58.6 cm³/mol. The molecule has 0 fully saturated rings. The van der Waals surface area contributed by atoms with E-state index < -0.39 is 17.6 Å². The Bertz CT molecular complexity index is 427. The summed E-state index contributed by atoms with van der Waals surface area (Å²) in [6, 6.07) is 5.70. The molecule has 4 N–H and O–H groups in total. The second-order valence-corrected chi connectivity index (χ2v) is 4.05. The van der Waals surface area contributed by atoms with Crippen molar-refractivity contribution in [2.24, 2.45) is 5.73 Å². The van der Waals surface area contributed by atoms with Gasteiger partial charge in [-0.2, -0.15) is 13.2 Å². The zero-order chi connectivity index (χ0) is 14.0. The normalized spacial score (nSPS) is 14.9. The molecule has 0 heterocycles. The molecule has 1 atom stereocenters. The highest BCUT2D eigenvalue weighted by molar-refractivity contribution is 5.86. The van der Waals surface area contributed by atoms with Crippen molar-refractivity contribution in [3.63, 3.8) is 0 Å². The van der Waals surface area contributed by atoms with E-state index in [0.29, 0.717) is 12.5 Å². The maximum absolute atomic E-state index is 12.4. The van der Waals surface area contributed by atoms with Gasteiger partial charge in [-0.1, -0.05) is 12.1 Å². The van der Waals surface area contributed by atoms with Crippen LogP contribution in [0.3, 0.4) is 0 Å². The highest BCUT2D eigenvalue weighted by Gasteiger charge is 2.53. The summed E-state index contributed by atoms with van der Waals surface area (Å²) in [5, 5.41) is 11.1. The Morgan fingerprint density at radius 3 is 2.28 bits per heavy atom. The van der Waals surface area contributed by atoms with E-state index in [9.17, 15) is 18.0 Å². The number of nitrogens with two attached hydrogens (primary N) is 1. The van der Waals surface area contributed by atoms with Gasteiger partial charge in [0.2, 0.25) is 5.91 Å². The van der Waals surface area contributed by atoms with Crippen molar-refractivity contribution in [1.29, 1.82) is 0 Å². The smallest absolute Gasteiger partial charge is 0.415 e. The number of nitrogens with one attached hydrogen (secondary N) is 1. The summed E-state index contributed by atoms with van der Waals surface area (Å²) in [5.41, 5.74) is 2.58. The van der Waals surface area contributed by atoms with Gasteiger partial charge in [0.25, 0.3) is 0 Å². The van der Waals surface area contributed by atoms with E-state index in [4.69, 9.17) is 10.8 Å². The summed E-state index contributed by atoms with van der Waals surface area (Å²) in [7, 11) is 0. The van der Waals surface area contributed by atoms with Gasteiger partial charge in [0.1, 0.15) is 5.75 Å². The molecule has 4 nitrogen and oxygen atoms in total. The van der Waals surface area contributed by atoms with Crippen LogP contribution in [0.15, 0.2) is 24.3 Å². The molecular weight excluding hydrogens is 249 g/mol. The monoisotopic (exact) mass is 262 g/mol. The molecule has 18 heavy (non-hydrogen) atoms. The SMILES string of the molecule is CC(N)(C(=O)NCc1ccc(O)cc1)C(F)(F)F. The molecule has 0 aliphatic carbocycles. The largest absolute Gasteiger partial charge is 0.508 e. The van der Waals surface area contributed by atoms with Crippen LogP contribution < -0.4 is 11.1 Å². The molecule has 0 radical (unpaired) electrons. The fourth-order valence-electron chi connectivity index (χ4n) is 1.11. The summed E-state index contributed by atoms with van der Waals surface area (Å²) >= 11 is 0. The summed E-state index contributed by atoms with van der Waals surface area (Å²) < 4.78 is 37.3. The van der Waals surface area contributed by atoms with Crippen LogP contribution in [0, 0.1) is 0 Å². The molecule has 0 aliphatic rings. The Morgan fingerprint density at radius 2 is 1.83 bits per heavy atom. The van der Waals surface area contributed by atoms with Gasteiger partial charge in [-0.25, -0.2) is 0 Å². The van der Waals surface area contributed by atoms with Gasteiger partial charge < -0.3 is 16.2 Å². The van der Waals surface area contributed by atoms with Crippen molar-refractivity contribution in [2.75, 3.05) is 0 Å². The Labute approximate surface area is 102 Å². The summed E-state index contributed by atoms with van der Waals surface area (Å²) in [6.07, 6.45) is -4.81. The van der Waals surface area contributed by atoms with Crippen molar-refractivity contribution >= 4 is 5.91 Å². The van der Waals surface area contributed by atoms with Crippen molar-refractivity contribution in [1.82, 2.24) is 5.32 Å². The van der Waals surface area contributed by atoms with E-state index in [2.05, 4.69) is 5.32 Å². The van der Waals surface area contributed by atoms with Gasteiger partial charge in [-0.05, 0) is 24.6 Å². The third-order valence-electron chi connectivity index (χ3n) is 2.45. The number of benzene rings is 1. The van der Waals surface area contributed by atoms with Gasteiger partial charge in [0, 0.05) is 6.54 Å². The zero-order valence-electron chi connectivity index (χ0n) is 9.58. The van der Waals surface area contributed by atoms with E-state index in [0.717, 1.165) is 0 Å². The first-order chi connectivity index (χ1) is 8.14. The lowest BCUT2D eigenvalue weighted by Gasteiger charge is -2.26. The lowest BCUT2D eigenvalue weighted by Crippen LogP contribution is -2.61. The molecule has 0 aromatic heterocycles. The third kappa shape index (κ3) is 3.13. The van der Waals surface area contributed by atoms with Crippen LogP contribution in [0.5, 0.6) is 5.75 Å². The van der Waals surface area contributed by atoms with Crippen LogP contribution in [0.2, 0.25) is 0 Å². The van der Waals surface area contributed by atoms with Crippen molar-refractivity contribution in [2.45, 2.75) is 25.2 Å². The lowest BCUT2D eigenvalue weighted by molar-refractivity contribution is -0.187. The number of halogens is 3. The number of carbonyl (C=O) groups excluding carboxylic acids is 1. The topological polar surface area (TPSA) is 75.4 Å². The number of aromatic hydroxyl groups is 1. The molecule has 1 aromatic carbocycles. The number of phenolic OH excluding ortho intramolecular Hbond substituents is 1. The van der Waals surface area contributed by atoms with Crippen LogP contribution in [0.4, 0.5) is 13.2 Å². The third-order valence-corrected chi connectivity index (χ3v) is 2.45. The minimum atomic E-state index is -4.81. The highest BCUT2D eigenvalue weighted by atomic mass is 19.4. The van der Waals surface area contributed by atoms with E-state index >= 15 is 0 Å². The maximum atomic E-state index is 12.4. The van der Waals surface area contributed by atoms with Gasteiger partial charge in [-0.3, -0.25) is 4.79 Å². The Morgan fingerprint density at radius 1 is 1.33 bits per heavy atom. The van der Waals surface area contributed by atoms with E-state index in [1.165, 1.54) is 24.3 Å². The first-order valence-electron chi connectivity index (χ1n) is 5.06. The molecule has 7 heteroatoms. The van der Waals surface area contributed by atoms with Crippen LogP contribution in [-0.4, -0.2) is 22.7 Å². The molecule has 0 saturated carbocycles.